The number of β-amino-alcohol motifs (C(OH)–C–C–N with tert-alkyl or cyclic N) is 1. The number of carbonyl (C=O) groups is 1. The maximum Gasteiger partial charge on any atom is 0.220 e. The second kappa shape index (κ2) is 6.37. The number of hydrogen-bond donors (Lipinski definition) is 2. The van der Waals surface area contributed by atoms with Crippen LogP contribution in [0.25, 0.3) is 0 Å². The van der Waals surface area contributed by atoms with Crippen LogP contribution in [0.15, 0.2) is 18.2 Å². The van der Waals surface area contributed by atoms with Crippen molar-refractivity contribution in [1.29, 1.82) is 0 Å². The fraction of sp³-hybridized carbons (Fsp3) is 0.632. The number of carbonyl (C=O) groups excluding carboxylic acids is 1. The smallest absolute Gasteiger partial charge is 0.220 e. The minimum Gasteiger partial charge on any atom is -0.488 e. The zero-order valence-corrected chi connectivity index (χ0v) is 14.7. The molecule has 1 saturated heterocycles. The highest BCUT2D eigenvalue weighted by Crippen LogP contribution is 2.34. The van der Waals surface area contributed by atoms with E-state index in [0.29, 0.717) is 13.0 Å². The Hall–Kier alpha value is -1.59. The Bertz CT molecular complexity index is 629. The fourth-order valence-corrected chi connectivity index (χ4v) is 3.88. The van der Waals surface area contributed by atoms with Crippen LogP contribution in [0, 0.1) is 0 Å². The van der Waals surface area contributed by atoms with E-state index in [1.54, 1.807) is 0 Å². The molecule has 2 aliphatic heterocycles. The average Bonchev–Trinajstić information content (AvgIpc) is 2.45. The van der Waals surface area contributed by atoms with Gasteiger partial charge in [0, 0.05) is 13.1 Å². The quantitative estimate of drug-likeness (QED) is 0.884. The van der Waals surface area contributed by atoms with Crippen molar-refractivity contribution < 1.29 is 14.6 Å². The van der Waals surface area contributed by atoms with Gasteiger partial charge in [-0.15, -0.1) is 0 Å². The van der Waals surface area contributed by atoms with Crippen molar-refractivity contribution in [1.82, 2.24) is 4.90 Å². The first-order valence-corrected chi connectivity index (χ1v) is 8.79. The van der Waals surface area contributed by atoms with Gasteiger partial charge in [0.2, 0.25) is 5.91 Å². The van der Waals surface area contributed by atoms with Gasteiger partial charge in [0.1, 0.15) is 11.4 Å². The van der Waals surface area contributed by atoms with Crippen LogP contribution in [-0.2, 0) is 17.8 Å². The third-order valence-electron chi connectivity index (χ3n) is 5.05. The van der Waals surface area contributed by atoms with Gasteiger partial charge in [0.05, 0.1) is 12.0 Å². The van der Waals surface area contributed by atoms with Gasteiger partial charge in [0.25, 0.3) is 0 Å². The van der Waals surface area contributed by atoms with Crippen LogP contribution in [0.5, 0.6) is 5.75 Å². The molecule has 24 heavy (non-hydrogen) atoms. The van der Waals surface area contributed by atoms with Crippen molar-refractivity contribution in [2.75, 3.05) is 13.1 Å². The number of piperidine rings is 1. The lowest BCUT2D eigenvalue weighted by molar-refractivity contribution is -0.125. The Labute approximate surface area is 143 Å². The maximum absolute atomic E-state index is 11.2. The number of amides is 1. The van der Waals surface area contributed by atoms with Crippen LogP contribution in [0.3, 0.4) is 0 Å². The number of nitrogens with two attached hydrogens (primary N) is 1. The predicted octanol–water partition coefficient (Wildman–Crippen LogP) is 1.99. The van der Waals surface area contributed by atoms with E-state index in [9.17, 15) is 9.90 Å². The second-order valence-corrected chi connectivity index (χ2v) is 7.99. The van der Waals surface area contributed by atoms with Crippen LogP contribution >= 0.6 is 0 Å². The molecule has 0 aromatic heterocycles. The van der Waals surface area contributed by atoms with Crippen LogP contribution < -0.4 is 10.5 Å². The number of aliphatic hydroxyl groups is 1. The summed E-state index contributed by atoms with van der Waals surface area (Å²) in [6, 6.07) is 6.37. The van der Waals surface area contributed by atoms with E-state index in [1.807, 2.05) is 0 Å². The number of benzene rings is 1. The van der Waals surface area contributed by atoms with Crippen LogP contribution in [-0.4, -0.2) is 40.2 Å². The molecule has 1 fully saturated rings. The molecule has 1 amide bonds. The summed E-state index contributed by atoms with van der Waals surface area (Å²) < 4.78 is 6.04. The van der Waals surface area contributed by atoms with Crippen molar-refractivity contribution in [2.24, 2.45) is 5.73 Å². The van der Waals surface area contributed by atoms with Gasteiger partial charge in [-0.1, -0.05) is 12.1 Å². The molecule has 1 aromatic carbocycles. The first-order valence-electron chi connectivity index (χ1n) is 8.79. The lowest BCUT2D eigenvalue weighted by Crippen LogP contribution is -2.49. The number of hydrogen-bond acceptors (Lipinski definition) is 4. The Morgan fingerprint density at radius 2 is 2.17 bits per heavy atom. The molecular weight excluding hydrogens is 304 g/mol. The van der Waals surface area contributed by atoms with Gasteiger partial charge < -0.3 is 15.6 Å². The molecule has 132 valence electrons. The normalized spacial score (nSPS) is 26.5. The minimum atomic E-state index is -0.981. The summed E-state index contributed by atoms with van der Waals surface area (Å²) in [5, 5.41) is 10.6. The van der Waals surface area contributed by atoms with Gasteiger partial charge in [-0.25, -0.2) is 0 Å². The van der Waals surface area contributed by atoms with E-state index in [4.69, 9.17) is 10.5 Å². The average molecular weight is 332 g/mol. The van der Waals surface area contributed by atoms with Gasteiger partial charge in [0.15, 0.2) is 0 Å². The summed E-state index contributed by atoms with van der Waals surface area (Å²) in [5.74, 6) is 0.548. The molecular formula is C19H28N2O3. The zero-order valence-electron chi connectivity index (χ0n) is 14.7. The molecule has 0 spiro atoms. The first kappa shape index (κ1) is 17.2. The molecule has 0 aliphatic carbocycles. The Balaban J connectivity index is 1.67. The SMILES string of the molecule is CC1(C)CCc2cc(CN3CCCC(O)(CC(N)=O)C3)ccc2O1. The Morgan fingerprint density at radius 3 is 2.92 bits per heavy atom. The van der Waals surface area contributed by atoms with Crippen molar-refractivity contribution in [3.05, 3.63) is 29.3 Å². The van der Waals surface area contributed by atoms with Crippen LogP contribution in [0.1, 0.15) is 50.7 Å². The van der Waals surface area contributed by atoms with E-state index >= 15 is 0 Å². The Morgan fingerprint density at radius 1 is 1.38 bits per heavy atom. The zero-order chi connectivity index (χ0) is 17.4. The van der Waals surface area contributed by atoms with Gasteiger partial charge in [-0.3, -0.25) is 9.69 Å². The topological polar surface area (TPSA) is 75.8 Å². The number of aryl methyl sites for hydroxylation is 1. The molecule has 1 atom stereocenters. The molecule has 2 heterocycles. The number of primary amides is 1. The lowest BCUT2D eigenvalue weighted by Gasteiger charge is -2.39. The first-order chi connectivity index (χ1) is 11.2. The molecule has 5 nitrogen and oxygen atoms in total. The molecule has 3 N–H and O–H groups in total. The summed E-state index contributed by atoms with van der Waals surface area (Å²) in [5.41, 5.74) is 6.68. The number of likely N-dealkylation sites (tertiary alicyclic amines) is 1. The van der Waals surface area contributed by atoms with Crippen LogP contribution in [0.2, 0.25) is 0 Å². The van der Waals surface area contributed by atoms with Crippen molar-refractivity contribution in [3.63, 3.8) is 0 Å². The van der Waals surface area contributed by atoms with E-state index < -0.39 is 11.5 Å². The molecule has 0 saturated carbocycles. The van der Waals surface area contributed by atoms with Crippen molar-refractivity contribution in [2.45, 2.75) is 63.7 Å². The predicted molar refractivity (Wildman–Crippen MR) is 92.7 cm³/mol. The summed E-state index contributed by atoms with van der Waals surface area (Å²) >= 11 is 0. The largest absolute Gasteiger partial charge is 0.488 e. The summed E-state index contributed by atoms with van der Waals surface area (Å²) in [7, 11) is 0. The lowest BCUT2D eigenvalue weighted by atomic mass is 9.89. The number of ether oxygens (including phenoxy) is 1. The molecule has 1 unspecified atom stereocenters. The fourth-order valence-electron chi connectivity index (χ4n) is 3.88. The number of rotatable bonds is 4. The second-order valence-electron chi connectivity index (χ2n) is 7.99. The third-order valence-corrected chi connectivity index (χ3v) is 5.05. The summed E-state index contributed by atoms with van der Waals surface area (Å²) in [6.45, 7) is 6.45. The highest BCUT2D eigenvalue weighted by atomic mass is 16.5. The van der Waals surface area contributed by atoms with E-state index in [-0.39, 0.29) is 12.0 Å². The molecule has 5 heteroatoms. The summed E-state index contributed by atoms with van der Waals surface area (Å²) in [4.78, 5) is 13.4. The Kier molecular flexibility index (Phi) is 4.58. The molecule has 2 aliphatic rings. The van der Waals surface area contributed by atoms with E-state index in [0.717, 1.165) is 38.1 Å². The van der Waals surface area contributed by atoms with Gasteiger partial charge in [-0.05, 0) is 63.3 Å². The van der Waals surface area contributed by atoms with Crippen molar-refractivity contribution >= 4 is 5.91 Å². The molecule has 3 rings (SSSR count). The highest BCUT2D eigenvalue weighted by Gasteiger charge is 2.34. The maximum atomic E-state index is 11.2. The van der Waals surface area contributed by atoms with Crippen molar-refractivity contribution in [3.8, 4) is 5.75 Å². The van der Waals surface area contributed by atoms with Gasteiger partial charge >= 0.3 is 0 Å². The number of nitrogens with zero attached hydrogens (tertiary/aromatic N) is 1. The minimum absolute atomic E-state index is 0.0383. The van der Waals surface area contributed by atoms with Gasteiger partial charge in [-0.2, -0.15) is 0 Å². The number of fused-ring (bicyclic) bond motifs is 1. The standard InChI is InChI=1S/C19H28N2O3/c1-18(2)8-6-15-10-14(4-5-16(15)24-18)12-21-9-3-7-19(23,13-21)11-17(20)22/h4-5,10,23H,3,6-9,11-13H2,1-2H3,(H2,20,22). The molecule has 0 bridgehead atoms. The summed E-state index contributed by atoms with van der Waals surface area (Å²) in [6.07, 6.45) is 3.61. The van der Waals surface area contributed by atoms with E-state index in [1.165, 1.54) is 11.1 Å². The third kappa shape index (κ3) is 4.08. The van der Waals surface area contributed by atoms with E-state index in [2.05, 4.69) is 36.9 Å². The monoisotopic (exact) mass is 332 g/mol. The molecule has 1 aromatic rings. The highest BCUT2D eigenvalue weighted by molar-refractivity contribution is 5.75. The van der Waals surface area contributed by atoms with Crippen LogP contribution in [0.4, 0.5) is 0 Å². The molecule has 0 radical (unpaired) electrons.